The quantitative estimate of drug-likeness (QED) is 0.830. The molecule has 0 amide bonds. The lowest BCUT2D eigenvalue weighted by atomic mass is 9.48. The first-order chi connectivity index (χ1) is 11.0. The normalized spacial score (nSPS) is 46.9. The van der Waals surface area contributed by atoms with Crippen LogP contribution in [-0.4, -0.2) is 17.8 Å². The molecule has 1 aromatic rings. The monoisotopic (exact) mass is 312 g/mol. The number of methoxy groups -OCH3 is 1. The zero-order valence-corrected chi connectivity index (χ0v) is 14.4. The van der Waals surface area contributed by atoms with Crippen LogP contribution in [0.15, 0.2) is 18.2 Å². The summed E-state index contributed by atoms with van der Waals surface area (Å²) in [5.74, 6) is 2.48. The summed E-state index contributed by atoms with van der Waals surface area (Å²) in [6.45, 7) is 2.42. The summed E-state index contributed by atoms with van der Waals surface area (Å²) >= 11 is 0. The first-order valence-electron chi connectivity index (χ1n) is 9.42. The summed E-state index contributed by atoms with van der Waals surface area (Å²) in [5, 5.41) is 11.2. The summed E-state index contributed by atoms with van der Waals surface area (Å²) < 4.78 is 5.43. The van der Waals surface area contributed by atoms with E-state index in [0.717, 1.165) is 24.5 Å². The molecular weight excluding hydrogens is 284 g/mol. The first kappa shape index (κ1) is 14.3. The van der Waals surface area contributed by atoms with Gasteiger partial charge in [0.1, 0.15) is 5.75 Å². The van der Waals surface area contributed by atoms with E-state index in [-0.39, 0.29) is 11.0 Å². The Morgan fingerprint density at radius 1 is 1.09 bits per heavy atom. The Balaban J connectivity index is 1.59. The molecule has 1 N–H and O–H groups in total. The van der Waals surface area contributed by atoms with E-state index in [2.05, 4.69) is 25.1 Å². The van der Waals surface area contributed by atoms with Gasteiger partial charge in [-0.15, -0.1) is 0 Å². The molecule has 23 heavy (non-hydrogen) atoms. The fraction of sp³-hybridized carbons (Fsp3) is 0.714. The van der Waals surface area contributed by atoms with Crippen LogP contribution < -0.4 is 4.74 Å². The van der Waals surface area contributed by atoms with Gasteiger partial charge in [-0.05, 0) is 91.9 Å². The number of rotatable bonds is 1. The minimum atomic E-state index is -0.363. The molecule has 0 saturated heterocycles. The van der Waals surface area contributed by atoms with E-state index in [1.807, 2.05) is 0 Å². The molecule has 2 heteroatoms. The molecule has 2 nitrogen and oxygen atoms in total. The van der Waals surface area contributed by atoms with Crippen LogP contribution in [0.2, 0.25) is 0 Å². The number of ether oxygens (including phenoxy) is 1. The maximum absolute atomic E-state index is 11.2. The summed E-state index contributed by atoms with van der Waals surface area (Å²) in [5.41, 5.74) is 3.31. The maximum Gasteiger partial charge on any atom is 0.119 e. The molecule has 0 aromatic heterocycles. The average Bonchev–Trinajstić information content (AvgIpc) is 2.95. The number of fused-ring (bicyclic) bond motifs is 3. The van der Waals surface area contributed by atoms with E-state index in [0.29, 0.717) is 11.3 Å². The van der Waals surface area contributed by atoms with Gasteiger partial charge < -0.3 is 9.84 Å². The van der Waals surface area contributed by atoms with Crippen molar-refractivity contribution in [3.63, 3.8) is 0 Å². The molecule has 2 bridgehead atoms. The molecule has 1 aromatic carbocycles. The largest absolute Gasteiger partial charge is 0.497 e. The van der Waals surface area contributed by atoms with E-state index in [1.54, 1.807) is 12.7 Å². The highest BCUT2D eigenvalue weighted by molar-refractivity contribution is 5.42. The van der Waals surface area contributed by atoms with Crippen LogP contribution in [0.1, 0.15) is 68.9 Å². The SMILES string of the molecule is COc1ccc2c(c1)CC[C@H]1[C@@H]2CC[C@]2(C)C3(O)CCC12CC3. The van der Waals surface area contributed by atoms with Crippen LogP contribution in [0.25, 0.3) is 0 Å². The fourth-order valence-electron chi connectivity index (χ4n) is 7.42. The molecule has 4 aliphatic carbocycles. The minimum Gasteiger partial charge on any atom is -0.497 e. The van der Waals surface area contributed by atoms with E-state index in [9.17, 15) is 5.11 Å². The van der Waals surface area contributed by atoms with E-state index in [4.69, 9.17) is 4.74 Å². The molecule has 0 heterocycles. The van der Waals surface area contributed by atoms with Crippen molar-refractivity contribution in [2.24, 2.45) is 16.7 Å². The third-order valence-electron chi connectivity index (χ3n) is 8.72. The third kappa shape index (κ3) is 1.50. The number of aryl methyl sites for hydroxylation is 1. The lowest BCUT2D eigenvalue weighted by molar-refractivity contribution is -0.101. The second kappa shape index (κ2) is 4.33. The lowest BCUT2D eigenvalue weighted by Crippen LogP contribution is -2.51. The van der Waals surface area contributed by atoms with E-state index in [1.165, 1.54) is 44.1 Å². The van der Waals surface area contributed by atoms with Gasteiger partial charge in [-0.2, -0.15) is 0 Å². The summed E-state index contributed by atoms with van der Waals surface area (Å²) in [4.78, 5) is 0. The molecule has 3 fully saturated rings. The molecule has 3 atom stereocenters. The molecule has 0 spiro atoms. The van der Waals surface area contributed by atoms with Crippen molar-refractivity contribution in [1.82, 2.24) is 0 Å². The number of hydrogen-bond acceptors (Lipinski definition) is 2. The van der Waals surface area contributed by atoms with Gasteiger partial charge in [-0.25, -0.2) is 0 Å². The van der Waals surface area contributed by atoms with Gasteiger partial charge in [-0.1, -0.05) is 13.0 Å². The van der Waals surface area contributed by atoms with Crippen LogP contribution in [0.3, 0.4) is 0 Å². The maximum atomic E-state index is 11.2. The molecule has 124 valence electrons. The van der Waals surface area contributed by atoms with Gasteiger partial charge in [0.15, 0.2) is 0 Å². The van der Waals surface area contributed by atoms with Crippen LogP contribution in [0.4, 0.5) is 0 Å². The third-order valence-corrected chi connectivity index (χ3v) is 8.72. The Kier molecular flexibility index (Phi) is 2.70. The van der Waals surface area contributed by atoms with Crippen LogP contribution in [0.5, 0.6) is 5.75 Å². The van der Waals surface area contributed by atoms with Gasteiger partial charge in [0, 0.05) is 5.41 Å². The van der Waals surface area contributed by atoms with Crippen LogP contribution in [0, 0.1) is 16.7 Å². The van der Waals surface area contributed by atoms with E-state index >= 15 is 0 Å². The highest BCUT2D eigenvalue weighted by Crippen LogP contribution is 2.77. The Morgan fingerprint density at radius 3 is 2.61 bits per heavy atom. The van der Waals surface area contributed by atoms with Crippen molar-refractivity contribution >= 4 is 0 Å². The second-order valence-electron chi connectivity index (χ2n) is 8.87. The van der Waals surface area contributed by atoms with Crippen LogP contribution in [-0.2, 0) is 6.42 Å². The van der Waals surface area contributed by atoms with Crippen LogP contribution >= 0.6 is 0 Å². The number of hydrogen-bond donors (Lipinski definition) is 1. The van der Waals surface area contributed by atoms with Crippen molar-refractivity contribution in [3.8, 4) is 5.75 Å². The minimum absolute atomic E-state index is 0.172. The Labute approximate surface area is 139 Å². The fourth-order valence-corrected chi connectivity index (χ4v) is 7.42. The van der Waals surface area contributed by atoms with Crippen molar-refractivity contribution < 1.29 is 9.84 Å². The van der Waals surface area contributed by atoms with Crippen molar-refractivity contribution in [2.75, 3.05) is 7.11 Å². The van der Waals surface area contributed by atoms with Gasteiger partial charge in [0.25, 0.3) is 0 Å². The Hall–Kier alpha value is -1.02. The summed E-state index contributed by atoms with van der Waals surface area (Å²) in [6, 6.07) is 6.74. The van der Waals surface area contributed by atoms with Gasteiger partial charge in [0.05, 0.1) is 12.7 Å². The smallest absolute Gasteiger partial charge is 0.119 e. The molecule has 0 aliphatic heterocycles. The predicted octanol–water partition coefficient (Wildman–Crippen LogP) is 4.45. The van der Waals surface area contributed by atoms with Gasteiger partial charge >= 0.3 is 0 Å². The standard InChI is InChI=1S/C21H28O2/c1-19-8-7-17-16-5-4-15(23-2)13-14(16)3-6-18(17)20(19)9-11-21(19,22)12-10-20/h4-5,13,17-18,22H,3,6-12H2,1-2H3/t17-,18+,19+,20?,21?/m1/s1. The van der Waals surface area contributed by atoms with E-state index < -0.39 is 0 Å². The molecule has 0 radical (unpaired) electrons. The predicted molar refractivity (Wildman–Crippen MR) is 90.7 cm³/mol. The highest BCUT2D eigenvalue weighted by Gasteiger charge is 2.73. The molecule has 4 aliphatic rings. The molecule has 5 rings (SSSR count). The van der Waals surface area contributed by atoms with Crippen molar-refractivity contribution in [1.29, 1.82) is 0 Å². The Bertz CT molecular complexity index is 656. The summed E-state index contributed by atoms with van der Waals surface area (Å²) in [6.07, 6.45) is 9.55. The highest BCUT2D eigenvalue weighted by atomic mass is 16.5. The van der Waals surface area contributed by atoms with Gasteiger partial charge in [-0.3, -0.25) is 0 Å². The average molecular weight is 312 g/mol. The van der Waals surface area contributed by atoms with Gasteiger partial charge in [0.2, 0.25) is 0 Å². The topological polar surface area (TPSA) is 29.5 Å². The van der Waals surface area contributed by atoms with Crippen molar-refractivity contribution in [3.05, 3.63) is 29.3 Å². The lowest BCUT2D eigenvalue weighted by Gasteiger charge is -2.56. The zero-order valence-electron chi connectivity index (χ0n) is 14.4. The first-order valence-corrected chi connectivity index (χ1v) is 9.42. The second-order valence-corrected chi connectivity index (χ2v) is 8.87. The molecule has 0 unspecified atom stereocenters. The number of aliphatic hydroxyl groups is 1. The Morgan fingerprint density at radius 2 is 1.87 bits per heavy atom. The molecular formula is C21H28O2. The number of benzene rings is 1. The summed E-state index contributed by atoms with van der Waals surface area (Å²) in [7, 11) is 1.76. The van der Waals surface area contributed by atoms with Crippen molar-refractivity contribution in [2.45, 2.75) is 69.8 Å². The molecule has 3 saturated carbocycles. The zero-order chi connectivity index (χ0) is 15.9.